The number of carbonyl (C=O) groups excluding carboxylic acids is 1. The van der Waals surface area contributed by atoms with Gasteiger partial charge in [-0.15, -0.1) is 0 Å². The summed E-state index contributed by atoms with van der Waals surface area (Å²) in [5, 5.41) is 18.3. The lowest BCUT2D eigenvalue weighted by Crippen LogP contribution is -2.39. The number of aliphatic hydroxyl groups is 2. The molecular formula is C15H20N2O3. The van der Waals surface area contributed by atoms with Gasteiger partial charge in [0.25, 0.3) is 5.91 Å². The zero-order valence-corrected chi connectivity index (χ0v) is 12.1. The molecule has 0 atom stereocenters. The number of carbonyl (C=O) groups is 1. The number of likely N-dealkylation sites (N-methyl/N-ethyl adjacent to an activating group) is 1. The zero-order chi connectivity index (χ0) is 15.2. The second kappa shape index (κ2) is 7.04. The zero-order valence-electron chi connectivity index (χ0n) is 12.1. The maximum absolute atomic E-state index is 12.1. The van der Waals surface area contributed by atoms with Crippen molar-refractivity contribution in [1.29, 1.82) is 0 Å². The van der Waals surface area contributed by atoms with E-state index in [0.29, 0.717) is 17.7 Å². The number of pyridine rings is 1. The molecule has 2 N–H and O–H groups in total. The molecule has 20 heavy (non-hydrogen) atoms. The molecule has 5 nitrogen and oxygen atoms in total. The molecule has 1 aromatic heterocycles. The minimum absolute atomic E-state index is 0.0265. The van der Waals surface area contributed by atoms with Gasteiger partial charge in [-0.05, 0) is 26.0 Å². The van der Waals surface area contributed by atoms with Crippen molar-refractivity contribution in [1.82, 2.24) is 9.88 Å². The molecule has 0 radical (unpaired) electrons. The van der Waals surface area contributed by atoms with Crippen LogP contribution in [0.2, 0.25) is 0 Å². The Balaban J connectivity index is 2.74. The van der Waals surface area contributed by atoms with Crippen molar-refractivity contribution in [3.8, 4) is 11.8 Å². The first-order chi connectivity index (χ1) is 9.33. The van der Waals surface area contributed by atoms with Crippen molar-refractivity contribution in [3.05, 3.63) is 29.6 Å². The molecule has 0 saturated carbocycles. The minimum atomic E-state index is -0.944. The molecule has 1 heterocycles. The standard InChI is InChI=1S/C15H20N2O3/c1-15(2,20)11-17(3)14(19)13-8-7-12(10-16-13)6-4-5-9-18/h7-8,10,18,20H,5,9,11H2,1-3H3. The lowest BCUT2D eigenvalue weighted by molar-refractivity contribution is 0.0365. The van der Waals surface area contributed by atoms with Gasteiger partial charge in [-0.25, -0.2) is 4.98 Å². The summed E-state index contributed by atoms with van der Waals surface area (Å²) >= 11 is 0. The Bertz CT molecular complexity index is 507. The van der Waals surface area contributed by atoms with Crippen LogP contribution in [0.5, 0.6) is 0 Å². The number of hydrogen-bond acceptors (Lipinski definition) is 4. The predicted molar refractivity (Wildman–Crippen MR) is 76.1 cm³/mol. The van der Waals surface area contributed by atoms with E-state index >= 15 is 0 Å². The summed E-state index contributed by atoms with van der Waals surface area (Å²) in [6, 6.07) is 3.31. The second-order valence-corrected chi connectivity index (χ2v) is 5.18. The number of rotatable bonds is 4. The Labute approximate surface area is 119 Å². The highest BCUT2D eigenvalue weighted by Crippen LogP contribution is 2.07. The first kappa shape index (κ1) is 16.2. The second-order valence-electron chi connectivity index (χ2n) is 5.18. The highest BCUT2D eigenvalue weighted by molar-refractivity contribution is 5.92. The molecule has 0 aromatic carbocycles. The molecule has 108 valence electrons. The fourth-order valence-electron chi connectivity index (χ4n) is 1.66. The van der Waals surface area contributed by atoms with Crippen LogP contribution in [-0.4, -0.2) is 51.8 Å². The molecule has 0 aliphatic rings. The predicted octanol–water partition coefficient (Wildman–Crippen LogP) is 0.658. The average molecular weight is 276 g/mol. The van der Waals surface area contributed by atoms with Gasteiger partial charge in [0.05, 0.1) is 12.2 Å². The summed E-state index contributed by atoms with van der Waals surface area (Å²) in [5.74, 6) is 5.38. The van der Waals surface area contributed by atoms with Gasteiger partial charge in [0.15, 0.2) is 0 Å². The number of amides is 1. The van der Waals surface area contributed by atoms with Gasteiger partial charge < -0.3 is 15.1 Å². The van der Waals surface area contributed by atoms with Crippen molar-refractivity contribution in [2.45, 2.75) is 25.9 Å². The third-order valence-electron chi connectivity index (χ3n) is 2.42. The fourth-order valence-corrected chi connectivity index (χ4v) is 1.66. The summed E-state index contributed by atoms with van der Waals surface area (Å²) in [5.41, 5.74) is 0.0599. The lowest BCUT2D eigenvalue weighted by atomic mass is 10.1. The van der Waals surface area contributed by atoms with Crippen LogP contribution in [0.3, 0.4) is 0 Å². The van der Waals surface area contributed by atoms with Crippen molar-refractivity contribution < 1.29 is 15.0 Å². The van der Waals surface area contributed by atoms with Gasteiger partial charge in [0, 0.05) is 31.8 Å². The normalized spacial score (nSPS) is 10.7. The molecule has 0 fully saturated rings. The summed E-state index contributed by atoms with van der Waals surface area (Å²) < 4.78 is 0. The molecule has 0 aliphatic carbocycles. The van der Waals surface area contributed by atoms with Crippen LogP contribution >= 0.6 is 0 Å². The van der Waals surface area contributed by atoms with Crippen LogP contribution in [0.25, 0.3) is 0 Å². The van der Waals surface area contributed by atoms with E-state index < -0.39 is 5.60 Å². The van der Waals surface area contributed by atoms with E-state index in [1.807, 2.05) is 0 Å². The maximum Gasteiger partial charge on any atom is 0.272 e. The third kappa shape index (κ3) is 5.39. The molecule has 1 rings (SSSR count). The molecule has 0 spiro atoms. The molecule has 0 saturated heterocycles. The van der Waals surface area contributed by atoms with Gasteiger partial charge in [-0.3, -0.25) is 4.79 Å². The van der Waals surface area contributed by atoms with E-state index in [2.05, 4.69) is 16.8 Å². The van der Waals surface area contributed by atoms with Gasteiger partial charge in [-0.1, -0.05) is 11.8 Å². The van der Waals surface area contributed by atoms with E-state index in [4.69, 9.17) is 5.11 Å². The van der Waals surface area contributed by atoms with Crippen LogP contribution < -0.4 is 0 Å². The van der Waals surface area contributed by atoms with E-state index in [0.717, 1.165) is 0 Å². The van der Waals surface area contributed by atoms with Crippen LogP contribution in [0.15, 0.2) is 18.3 Å². The largest absolute Gasteiger partial charge is 0.395 e. The fraction of sp³-hybridized carbons (Fsp3) is 0.467. The first-order valence-electron chi connectivity index (χ1n) is 6.37. The summed E-state index contributed by atoms with van der Waals surface area (Å²) in [6.45, 7) is 3.54. The Morgan fingerprint density at radius 2 is 2.15 bits per heavy atom. The monoisotopic (exact) mass is 276 g/mol. The van der Waals surface area contributed by atoms with E-state index in [1.54, 1.807) is 33.0 Å². The molecule has 5 heteroatoms. The summed E-state index contributed by atoms with van der Waals surface area (Å²) in [7, 11) is 1.62. The Hall–Kier alpha value is -1.90. The van der Waals surface area contributed by atoms with Crippen LogP contribution in [0.4, 0.5) is 0 Å². The van der Waals surface area contributed by atoms with E-state index in [9.17, 15) is 9.90 Å². The van der Waals surface area contributed by atoms with Crippen molar-refractivity contribution in [3.63, 3.8) is 0 Å². The summed E-state index contributed by atoms with van der Waals surface area (Å²) in [4.78, 5) is 17.6. The molecule has 1 amide bonds. The maximum atomic E-state index is 12.1. The molecule has 0 unspecified atom stereocenters. The van der Waals surface area contributed by atoms with Crippen molar-refractivity contribution in [2.24, 2.45) is 0 Å². The molecular weight excluding hydrogens is 256 g/mol. The number of nitrogens with zero attached hydrogens (tertiary/aromatic N) is 2. The van der Waals surface area contributed by atoms with Crippen molar-refractivity contribution in [2.75, 3.05) is 20.2 Å². The highest BCUT2D eigenvalue weighted by Gasteiger charge is 2.20. The van der Waals surface area contributed by atoms with Crippen LogP contribution in [0, 0.1) is 11.8 Å². The molecule has 1 aromatic rings. The third-order valence-corrected chi connectivity index (χ3v) is 2.42. The lowest BCUT2D eigenvalue weighted by Gasteiger charge is -2.25. The van der Waals surface area contributed by atoms with Crippen LogP contribution in [0.1, 0.15) is 36.3 Å². The molecule has 0 aliphatic heterocycles. The smallest absolute Gasteiger partial charge is 0.272 e. The van der Waals surface area contributed by atoms with Gasteiger partial charge in [0.1, 0.15) is 5.69 Å². The van der Waals surface area contributed by atoms with Crippen molar-refractivity contribution >= 4 is 5.91 Å². The average Bonchev–Trinajstić information content (AvgIpc) is 2.37. The number of hydrogen-bond donors (Lipinski definition) is 2. The highest BCUT2D eigenvalue weighted by atomic mass is 16.3. The Morgan fingerprint density at radius 1 is 1.45 bits per heavy atom. The topological polar surface area (TPSA) is 73.7 Å². The quantitative estimate of drug-likeness (QED) is 0.792. The summed E-state index contributed by atoms with van der Waals surface area (Å²) in [6.07, 6.45) is 1.94. The van der Waals surface area contributed by atoms with Gasteiger partial charge in [-0.2, -0.15) is 0 Å². The first-order valence-corrected chi connectivity index (χ1v) is 6.37. The van der Waals surface area contributed by atoms with Gasteiger partial charge in [0.2, 0.25) is 0 Å². The molecule has 0 bridgehead atoms. The number of aliphatic hydroxyl groups excluding tert-OH is 1. The Morgan fingerprint density at radius 3 is 2.65 bits per heavy atom. The minimum Gasteiger partial charge on any atom is -0.395 e. The SMILES string of the molecule is CN(CC(C)(C)O)C(=O)c1ccc(C#CCCO)cn1. The van der Waals surface area contributed by atoms with E-state index in [-0.39, 0.29) is 19.1 Å². The number of aromatic nitrogens is 1. The van der Waals surface area contributed by atoms with Gasteiger partial charge >= 0.3 is 0 Å². The Kier molecular flexibility index (Phi) is 5.68. The van der Waals surface area contributed by atoms with E-state index in [1.165, 1.54) is 11.1 Å². The van der Waals surface area contributed by atoms with Crippen LogP contribution in [-0.2, 0) is 0 Å².